The van der Waals surface area contributed by atoms with Gasteiger partial charge in [-0.2, -0.15) is 4.98 Å². The van der Waals surface area contributed by atoms with Crippen molar-refractivity contribution in [3.8, 4) is 11.4 Å². The fraction of sp³-hybridized carbons (Fsp3) is 0.526. The highest BCUT2D eigenvalue weighted by atomic mass is 19.1. The average Bonchev–Trinajstić information content (AvgIpc) is 3.16. The highest BCUT2D eigenvalue weighted by Gasteiger charge is 2.28. The van der Waals surface area contributed by atoms with Gasteiger partial charge in [0.15, 0.2) is 0 Å². The third-order valence-electron chi connectivity index (χ3n) is 4.81. The van der Waals surface area contributed by atoms with Crippen LogP contribution in [0.25, 0.3) is 11.4 Å². The molecule has 1 fully saturated rings. The molecule has 1 aromatic heterocycles. The number of quaternary nitrogens is 1. The summed E-state index contributed by atoms with van der Waals surface area (Å²) in [6.07, 6.45) is 5.50. The largest absolute Gasteiger partial charge is 0.358 e. The van der Waals surface area contributed by atoms with E-state index in [4.69, 9.17) is 4.52 Å². The second kappa shape index (κ2) is 8.89. The number of halogens is 1. The zero-order valence-electron chi connectivity index (χ0n) is 15.0. The molecule has 1 aromatic carbocycles. The topological polar surface area (TPSA) is 86.9 Å². The summed E-state index contributed by atoms with van der Waals surface area (Å²) in [6, 6.07) is 6.01. The van der Waals surface area contributed by atoms with Gasteiger partial charge >= 0.3 is 0 Å². The quantitative estimate of drug-likeness (QED) is 0.767. The van der Waals surface area contributed by atoms with Gasteiger partial charge in [-0.15, -0.1) is 0 Å². The van der Waals surface area contributed by atoms with E-state index in [0.717, 1.165) is 50.8 Å². The second-order valence-corrected chi connectivity index (χ2v) is 6.81. The number of hydrogen-bond donors (Lipinski definition) is 1. The van der Waals surface area contributed by atoms with E-state index in [9.17, 15) is 9.18 Å². The summed E-state index contributed by atoms with van der Waals surface area (Å²) >= 11 is 0. The molecule has 0 unspecified atom stereocenters. The second-order valence-electron chi connectivity index (χ2n) is 6.81. The highest BCUT2D eigenvalue weighted by molar-refractivity contribution is 5.76. The van der Waals surface area contributed by atoms with Crippen molar-refractivity contribution in [1.29, 1.82) is 0 Å². The zero-order valence-corrected chi connectivity index (χ0v) is 15.0. The van der Waals surface area contributed by atoms with Crippen LogP contribution in [-0.4, -0.2) is 40.6 Å². The predicted molar refractivity (Wildman–Crippen MR) is 94.5 cm³/mol. The zero-order chi connectivity index (χ0) is 18.4. The molecule has 6 nitrogen and oxygen atoms in total. The number of piperidine rings is 1. The van der Waals surface area contributed by atoms with Crippen LogP contribution in [0, 0.1) is 5.82 Å². The Balaban J connectivity index is 1.59. The SMILES string of the molecule is [NH3+]CCCCCC(=O)N1CCC[C@H](c2nc(-c3ccc(F)cc3)no2)C1. The van der Waals surface area contributed by atoms with Gasteiger partial charge in [-0.05, 0) is 56.4 Å². The van der Waals surface area contributed by atoms with Crippen molar-refractivity contribution in [1.82, 2.24) is 15.0 Å². The molecular weight excluding hydrogens is 335 g/mol. The summed E-state index contributed by atoms with van der Waals surface area (Å²) in [5.41, 5.74) is 4.54. The lowest BCUT2D eigenvalue weighted by atomic mass is 9.97. The molecule has 1 amide bonds. The molecule has 2 heterocycles. The summed E-state index contributed by atoms with van der Waals surface area (Å²) in [5.74, 6) is 0.982. The number of benzene rings is 1. The lowest BCUT2D eigenvalue weighted by molar-refractivity contribution is -0.368. The van der Waals surface area contributed by atoms with Crippen molar-refractivity contribution < 1.29 is 19.4 Å². The average molecular weight is 361 g/mol. The molecule has 140 valence electrons. The Morgan fingerprint density at radius 2 is 2.08 bits per heavy atom. The van der Waals surface area contributed by atoms with Crippen LogP contribution in [0.3, 0.4) is 0 Å². The summed E-state index contributed by atoms with van der Waals surface area (Å²) in [5, 5.41) is 4.01. The molecule has 3 rings (SSSR count). The van der Waals surface area contributed by atoms with Crippen LogP contribution in [-0.2, 0) is 4.79 Å². The maximum Gasteiger partial charge on any atom is 0.231 e. The summed E-state index contributed by atoms with van der Waals surface area (Å²) in [7, 11) is 0. The monoisotopic (exact) mass is 361 g/mol. The first-order valence-electron chi connectivity index (χ1n) is 9.34. The van der Waals surface area contributed by atoms with Crippen molar-refractivity contribution in [2.24, 2.45) is 0 Å². The molecule has 0 radical (unpaired) electrons. The first kappa shape index (κ1) is 18.5. The van der Waals surface area contributed by atoms with E-state index in [1.807, 2.05) is 4.90 Å². The Morgan fingerprint density at radius 1 is 1.27 bits per heavy atom. The van der Waals surface area contributed by atoms with Crippen LogP contribution in [0.5, 0.6) is 0 Å². The fourth-order valence-corrected chi connectivity index (χ4v) is 3.31. The number of rotatable bonds is 7. The molecule has 2 aromatic rings. The molecule has 0 bridgehead atoms. The molecular formula is C19H26FN4O2+. The first-order valence-corrected chi connectivity index (χ1v) is 9.34. The predicted octanol–water partition coefficient (Wildman–Crippen LogP) is 2.38. The van der Waals surface area contributed by atoms with Crippen LogP contribution in [0.1, 0.15) is 50.3 Å². The maximum atomic E-state index is 13.0. The molecule has 26 heavy (non-hydrogen) atoms. The molecule has 7 heteroatoms. The fourth-order valence-electron chi connectivity index (χ4n) is 3.31. The highest BCUT2D eigenvalue weighted by Crippen LogP contribution is 2.28. The number of nitrogens with zero attached hydrogens (tertiary/aromatic N) is 3. The van der Waals surface area contributed by atoms with Crippen molar-refractivity contribution >= 4 is 5.91 Å². The third kappa shape index (κ3) is 4.66. The Hall–Kier alpha value is -2.28. The van der Waals surface area contributed by atoms with E-state index in [-0.39, 0.29) is 17.6 Å². The summed E-state index contributed by atoms with van der Waals surface area (Å²) in [6.45, 7) is 2.34. The molecule has 1 saturated heterocycles. The first-order chi connectivity index (χ1) is 12.7. The van der Waals surface area contributed by atoms with Crippen LogP contribution < -0.4 is 5.73 Å². The lowest BCUT2D eigenvalue weighted by Gasteiger charge is -2.31. The molecule has 3 N–H and O–H groups in total. The Bertz CT molecular complexity index is 717. The molecule has 0 spiro atoms. The smallest absolute Gasteiger partial charge is 0.231 e. The van der Waals surface area contributed by atoms with E-state index in [0.29, 0.717) is 24.7 Å². The van der Waals surface area contributed by atoms with Crippen LogP contribution in [0.2, 0.25) is 0 Å². The third-order valence-corrected chi connectivity index (χ3v) is 4.81. The van der Waals surface area contributed by atoms with Crippen molar-refractivity contribution in [2.45, 2.75) is 44.4 Å². The molecule has 1 aliphatic rings. The van der Waals surface area contributed by atoms with Gasteiger partial charge in [0.25, 0.3) is 0 Å². The number of amides is 1. The van der Waals surface area contributed by atoms with Crippen LogP contribution >= 0.6 is 0 Å². The summed E-state index contributed by atoms with van der Waals surface area (Å²) in [4.78, 5) is 18.8. The van der Waals surface area contributed by atoms with Crippen molar-refractivity contribution in [3.05, 3.63) is 36.0 Å². The molecule has 0 aliphatic carbocycles. The minimum absolute atomic E-state index is 0.0641. The van der Waals surface area contributed by atoms with E-state index in [2.05, 4.69) is 15.9 Å². The Kier molecular flexibility index (Phi) is 6.33. The van der Waals surface area contributed by atoms with Gasteiger partial charge in [-0.1, -0.05) is 5.16 Å². The number of likely N-dealkylation sites (tertiary alicyclic amines) is 1. The van der Waals surface area contributed by atoms with E-state index in [1.54, 1.807) is 12.1 Å². The number of carbonyl (C=O) groups is 1. The maximum absolute atomic E-state index is 13.0. The van der Waals surface area contributed by atoms with Crippen LogP contribution in [0.4, 0.5) is 4.39 Å². The van der Waals surface area contributed by atoms with Gasteiger partial charge < -0.3 is 15.2 Å². The van der Waals surface area contributed by atoms with Crippen molar-refractivity contribution in [2.75, 3.05) is 19.6 Å². The van der Waals surface area contributed by atoms with Gasteiger partial charge in [0, 0.05) is 25.1 Å². The van der Waals surface area contributed by atoms with Crippen LogP contribution in [0.15, 0.2) is 28.8 Å². The Morgan fingerprint density at radius 3 is 2.85 bits per heavy atom. The molecule has 1 atom stereocenters. The lowest BCUT2D eigenvalue weighted by Crippen LogP contribution is -2.50. The number of aromatic nitrogens is 2. The minimum atomic E-state index is -0.297. The number of carbonyl (C=O) groups excluding carboxylic acids is 1. The van der Waals surface area contributed by atoms with Gasteiger partial charge in [-0.3, -0.25) is 4.79 Å². The summed E-state index contributed by atoms with van der Waals surface area (Å²) < 4.78 is 18.5. The number of unbranched alkanes of at least 4 members (excludes halogenated alkanes) is 2. The van der Waals surface area contributed by atoms with E-state index >= 15 is 0 Å². The molecule has 1 aliphatic heterocycles. The molecule has 0 saturated carbocycles. The standard InChI is InChI=1S/C19H25FN4O2/c20-16-9-7-14(8-10-16)18-22-19(26-23-18)15-5-4-12-24(13-15)17(25)6-2-1-3-11-21/h7-10,15H,1-6,11-13,21H2/p+1/t15-/m0/s1. The minimum Gasteiger partial charge on any atom is -0.358 e. The van der Waals surface area contributed by atoms with E-state index < -0.39 is 0 Å². The van der Waals surface area contributed by atoms with Gasteiger partial charge in [0.05, 0.1) is 12.5 Å². The van der Waals surface area contributed by atoms with Gasteiger partial charge in [-0.25, -0.2) is 4.39 Å². The van der Waals surface area contributed by atoms with Gasteiger partial charge in [0.1, 0.15) is 5.82 Å². The Labute approximate surface area is 152 Å². The van der Waals surface area contributed by atoms with Crippen molar-refractivity contribution in [3.63, 3.8) is 0 Å². The van der Waals surface area contributed by atoms with E-state index in [1.165, 1.54) is 12.1 Å². The number of hydrogen-bond acceptors (Lipinski definition) is 4. The normalized spacial score (nSPS) is 17.5. The van der Waals surface area contributed by atoms with Gasteiger partial charge in [0.2, 0.25) is 17.6 Å².